The number of morpholine rings is 1. The van der Waals surface area contributed by atoms with Crippen LogP contribution in [-0.2, 0) is 32.1 Å². The molecule has 2 aliphatic rings. The molecule has 1 atom stereocenters. The van der Waals surface area contributed by atoms with E-state index in [1.807, 2.05) is 42.5 Å². The van der Waals surface area contributed by atoms with Gasteiger partial charge in [-0.15, -0.1) is 0 Å². The highest BCUT2D eigenvalue weighted by Crippen LogP contribution is 2.36. The predicted octanol–water partition coefficient (Wildman–Crippen LogP) is 4.31. The summed E-state index contributed by atoms with van der Waals surface area (Å²) in [6, 6.07) is 4.07. The van der Waals surface area contributed by atoms with Crippen molar-refractivity contribution in [3.8, 4) is 11.3 Å². The first-order valence-corrected chi connectivity index (χ1v) is 14.4. The number of nitrogens with zero attached hydrogens (tertiary/aromatic N) is 6. The Morgan fingerprint density at radius 2 is 1.95 bits per heavy atom. The molecule has 3 aromatic rings. The van der Waals surface area contributed by atoms with Gasteiger partial charge in [0.05, 0.1) is 23.7 Å². The van der Waals surface area contributed by atoms with E-state index in [9.17, 15) is 9.59 Å². The Balaban J connectivity index is 1.40. The second-order valence-electron chi connectivity index (χ2n) is 11.5. The smallest absolute Gasteiger partial charge is 0.410 e. The third kappa shape index (κ3) is 6.97. The minimum Gasteiger partial charge on any atom is -0.444 e. The van der Waals surface area contributed by atoms with Crippen molar-refractivity contribution in [3.05, 3.63) is 41.4 Å². The third-order valence-corrected chi connectivity index (χ3v) is 7.33. The molecule has 1 aliphatic heterocycles. The molecule has 1 aliphatic carbocycles. The molecule has 2 aromatic heterocycles. The molecule has 2 amide bonds. The van der Waals surface area contributed by atoms with Crippen molar-refractivity contribution < 1.29 is 23.8 Å². The Morgan fingerprint density at radius 1 is 1.20 bits per heavy atom. The predicted molar refractivity (Wildman–Crippen MR) is 153 cm³/mol. The highest BCUT2D eigenvalue weighted by atomic mass is 35.5. The monoisotopic (exact) mass is 584 g/mol. The Kier molecular flexibility index (Phi) is 8.77. The topological polar surface area (TPSA) is 112 Å². The number of hydrogen-bond acceptors (Lipinski definition) is 8. The molecule has 0 N–H and O–H groups in total. The molecule has 1 aromatic carbocycles. The molecule has 220 valence electrons. The van der Waals surface area contributed by atoms with E-state index in [1.54, 1.807) is 24.4 Å². The fourth-order valence-electron chi connectivity index (χ4n) is 5.00. The number of fused-ring (bicyclic) bond motifs is 1. The van der Waals surface area contributed by atoms with Gasteiger partial charge in [-0.2, -0.15) is 5.10 Å². The molecule has 0 bridgehead atoms. The van der Waals surface area contributed by atoms with Crippen molar-refractivity contribution >= 4 is 34.5 Å². The van der Waals surface area contributed by atoms with Gasteiger partial charge in [-0.3, -0.25) is 9.48 Å². The summed E-state index contributed by atoms with van der Waals surface area (Å²) in [7, 11) is 1.68. The van der Waals surface area contributed by atoms with Crippen molar-refractivity contribution in [3.63, 3.8) is 0 Å². The van der Waals surface area contributed by atoms with Crippen LogP contribution in [0.5, 0.6) is 0 Å². The zero-order valence-corrected chi connectivity index (χ0v) is 24.8. The molecule has 1 saturated heterocycles. The van der Waals surface area contributed by atoms with E-state index in [4.69, 9.17) is 30.9 Å². The number of ether oxygens (including phenoxy) is 3. The van der Waals surface area contributed by atoms with Crippen LogP contribution in [0.4, 0.5) is 4.79 Å². The number of rotatable bonds is 9. The van der Waals surface area contributed by atoms with Crippen LogP contribution in [0.25, 0.3) is 22.2 Å². The number of carbonyl (C=O) groups is 2. The normalized spacial score (nSPS) is 17.6. The van der Waals surface area contributed by atoms with Gasteiger partial charge >= 0.3 is 6.09 Å². The summed E-state index contributed by atoms with van der Waals surface area (Å²) in [5, 5.41) is 6.22. The Hall–Kier alpha value is -3.28. The molecule has 11 nitrogen and oxygen atoms in total. The number of aromatic nitrogens is 4. The van der Waals surface area contributed by atoms with Crippen molar-refractivity contribution in [1.29, 1.82) is 0 Å². The van der Waals surface area contributed by atoms with Gasteiger partial charge in [0.1, 0.15) is 17.6 Å². The van der Waals surface area contributed by atoms with Crippen LogP contribution in [0, 0.1) is 0 Å². The summed E-state index contributed by atoms with van der Waals surface area (Å²) in [6.07, 6.45) is 6.37. The molecular formula is C29H37ClN6O5. The minimum atomic E-state index is -0.750. The van der Waals surface area contributed by atoms with E-state index in [0.29, 0.717) is 37.0 Å². The van der Waals surface area contributed by atoms with Crippen LogP contribution in [-0.4, -0.2) is 92.7 Å². The maximum Gasteiger partial charge on any atom is 0.410 e. The van der Waals surface area contributed by atoms with Crippen molar-refractivity contribution in [2.75, 3.05) is 33.4 Å². The molecule has 0 radical (unpaired) electrons. The van der Waals surface area contributed by atoms with E-state index < -0.39 is 17.8 Å². The fourth-order valence-corrected chi connectivity index (χ4v) is 5.33. The number of hydrogen-bond donors (Lipinski definition) is 0. The zero-order chi connectivity index (χ0) is 29.1. The zero-order valence-electron chi connectivity index (χ0n) is 24.0. The molecule has 0 unspecified atom stereocenters. The lowest BCUT2D eigenvalue weighted by molar-refractivity contribution is -0.150. The van der Waals surface area contributed by atoms with Crippen LogP contribution in [0.1, 0.15) is 45.6 Å². The van der Waals surface area contributed by atoms with Crippen molar-refractivity contribution in [2.24, 2.45) is 0 Å². The van der Waals surface area contributed by atoms with E-state index in [-0.39, 0.29) is 25.1 Å². The SMILES string of the molecule is COCCCn1nc(-c2cncnc2)c2c(Cl)cc(CN(C(=O)[C@H]3CN(C(=O)OC(C)(C)C)CCO3)C3CC3)cc21. The highest BCUT2D eigenvalue weighted by molar-refractivity contribution is 6.36. The van der Waals surface area contributed by atoms with Gasteiger partial charge in [-0.1, -0.05) is 11.6 Å². The van der Waals surface area contributed by atoms with Crippen LogP contribution in [0.15, 0.2) is 30.9 Å². The average molecular weight is 585 g/mol. The van der Waals surface area contributed by atoms with Crippen molar-refractivity contribution in [1.82, 2.24) is 29.5 Å². The summed E-state index contributed by atoms with van der Waals surface area (Å²) in [4.78, 5) is 38.1. The molecule has 0 spiro atoms. The lowest BCUT2D eigenvalue weighted by Crippen LogP contribution is -2.53. The number of aryl methyl sites for hydroxylation is 1. The first-order chi connectivity index (χ1) is 19.6. The van der Waals surface area contributed by atoms with Gasteiger partial charge < -0.3 is 24.0 Å². The molecule has 5 rings (SSSR count). The first kappa shape index (κ1) is 29.2. The van der Waals surface area contributed by atoms with E-state index in [1.165, 1.54) is 6.33 Å². The maximum atomic E-state index is 13.8. The quantitative estimate of drug-likeness (QED) is 0.342. The van der Waals surface area contributed by atoms with Gasteiger partial charge in [0.2, 0.25) is 0 Å². The maximum absolute atomic E-state index is 13.8. The second-order valence-corrected chi connectivity index (χ2v) is 11.9. The summed E-state index contributed by atoms with van der Waals surface area (Å²) < 4.78 is 18.6. The minimum absolute atomic E-state index is 0.126. The van der Waals surface area contributed by atoms with Crippen LogP contribution in [0.3, 0.4) is 0 Å². The summed E-state index contributed by atoms with van der Waals surface area (Å²) in [5.41, 5.74) is 2.64. The van der Waals surface area contributed by atoms with Crippen LogP contribution in [0.2, 0.25) is 5.02 Å². The molecule has 2 fully saturated rings. The molecular weight excluding hydrogens is 548 g/mol. The fraction of sp³-hybridized carbons (Fsp3) is 0.552. The highest BCUT2D eigenvalue weighted by Gasteiger charge is 2.39. The van der Waals surface area contributed by atoms with Gasteiger partial charge in [-0.05, 0) is 57.7 Å². The number of carbonyl (C=O) groups excluding carboxylic acids is 2. The Morgan fingerprint density at radius 3 is 2.63 bits per heavy atom. The Bertz CT molecular complexity index is 1390. The van der Waals surface area contributed by atoms with Gasteiger partial charge in [0, 0.05) is 62.7 Å². The molecule has 1 saturated carbocycles. The summed E-state index contributed by atoms with van der Waals surface area (Å²) >= 11 is 6.90. The van der Waals surface area contributed by atoms with E-state index >= 15 is 0 Å². The van der Waals surface area contributed by atoms with Crippen LogP contribution >= 0.6 is 11.6 Å². The third-order valence-electron chi connectivity index (χ3n) is 7.03. The average Bonchev–Trinajstić information content (AvgIpc) is 3.72. The number of benzene rings is 1. The van der Waals surface area contributed by atoms with E-state index in [0.717, 1.165) is 41.3 Å². The van der Waals surface area contributed by atoms with Crippen LogP contribution < -0.4 is 0 Å². The summed E-state index contributed by atoms with van der Waals surface area (Å²) in [6.45, 7) is 7.91. The van der Waals surface area contributed by atoms with Gasteiger partial charge in [-0.25, -0.2) is 14.8 Å². The molecule has 41 heavy (non-hydrogen) atoms. The number of amides is 2. The summed E-state index contributed by atoms with van der Waals surface area (Å²) in [5.74, 6) is -0.132. The Labute approximate surface area is 244 Å². The second kappa shape index (κ2) is 12.3. The standard InChI is InChI=1S/C29H37ClN6O5/c1-29(2,3)41-28(38)34-9-11-40-24(17-34)27(37)35(21-6-7-21)16-19-12-22(30)25-23(13-19)36(8-5-10-39-4)33-26(25)20-14-31-18-32-15-20/h12-15,18,21,24H,5-11,16-17H2,1-4H3/t24-/m1/s1. The number of halogens is 1. The van der Waals surface area contributed by atoms with Crippen molar-refractivity contribution in [2.45, 2.75) is 70.9 Å². The molecule has 12 heteroatoms. The molecule has 3 heterocycles. The van der Waals surface area contributed by atoms with Gasteiger partial charge in [0.25, 0.3) is 5.91 Å². The van der Waals surface area contributed by atoms with Gasteiger partial charge in [0.15, 0.2) is 6.10 Å². The lowest BCUT2D eigenvalue weighted by Gasteiger charge is -2.36. The lowest BCUT2D eigenvalue weighted by atomic mass is 10.1. The largest absolute Gasteiger partial charge is 0.444 e. The first-order valence-electron chi connectivity index (χ1n) is 14.0. The van der Waals surface area contributed by atoms with E-state index in [2.05, 4.69) is 9.97 Å². The number of methoxy groups -OCH3 is 1.